The first-order valence-electron chi connectivity index (χ1n) is 14.5. The fourth-order valence-electron chi connectivity index (χ4n) is 5.52. The van der Waals surface area contributed by atoms with E-state index in [1.807, 2.05) is 23.1 Å². The number of piperidine rings is 1. The molecule has 12 nitrogen and oxygen atoms in total. The zero-order chi connectivity index (χ0) is 30.3. The Morgan fingerprint density at radius 1 is 1.05 bits per heavy atom. The molecule has 0 radical (unpaired) electrons. The average molecular weight is 598 g/mol. The third-order valence-electron chi connectivity index (χ3n) is 7.88. The Bertz CT molecular complexity index is 1310. The first-order valence-corrected chi connectivity index (χ1v) is 14.5. The van der Waals surface area contributed by atoms with Crippen LogP contribution in [0.25, 0.3) is 0 Å². The molecule has 3 saturated heterocycles. The molecule has 2 aromatic rings. The molecule has 0 spiro atoms. The van der Waals surface area contributed by atoms with Crippen molar-refractivity contribution >= 4 is 29.3 Å². The van der Waals surface area contributed by atoms with Crippen LogP contribution in [0, 0.1) is 17.0 Å². The number of carbonyl (C=O) groups is 2. The molecule has 0 aromatic heterocycles. The van der Waals surface area contributed by atoms with Gasteiger partial charge in [0.05, 0.1) is 18.8 Å². The number of rotatable bonds is 8. The predicted molar refractivity (Wildman–Crippen MR) is 157 cm³/mol. The van der Waals surface area contributed by atoms with Crippen molar-refractivity contribution in [3.63, 3.8) is 0 Å². The second-order valence-electron chi connectivity index (χ2n) is 11.0. The molecule has 0 aliphatic carbocycles. The summed E-state index contributed by atoms with van der Waals surface area (Å²) in [6, 6.07) is 12.5. The van der Waals surface area contributed by atoms with Crippen LogP contribution in [-0.4, -0.2) is 92.3 Å². The first kappa shape index (κ1) is 30.1. The van der Waals surface area contributed by atoms with Crippen LogP contribution in [0.3, 0.4) is 0 Å². The van der Waals surface area contributed by atoms with Gasteiger partial charge in [0.2, 0.25) is 11.9 Å². The van der Waals surface area contributed by atoms with E-state index in [2.05, 4.69) is 38.1 Å². The maximum atomic E-state index is 15.1. The topological polar surface area (TPSA) is 129 Å². The van der Waals surface area contributed by atoms with Crippen LogP contribution >= 0.6 is 0 Å². The number of carbonyl (C=O) groups excluding carboxylic acids is 2. The zero-order valence-electron chi connectivity index (χ0n) is 24.1. The zero-order valence-corrected chi connectivity index (χ0v) is 24.1. The van der Waals surface area contributed by atoms with Gasteiger partial charge in [0, 0.05) is 70.9 Å². The maximum absolute atomic E-state index is 15.1. The molecule has 2 aromatic carbocycles. The Morgan fingerprint density at radius 3 is 2.37 bits per heavy atom. The predicted octanol–water partition coefficient (Wildman–Crippen LogP) is 3.10. The fraction of sp³-hybridized carbons (Fsp3) is 0.483. The highest BCUT2D eigenvalue weighted by Gasteiger charge is 2.34. The number of guanidine groups is 1. The van der Waals surface area contributed by atoms with Crippen molar-refractivity contribution in [2.75, 3.05) is 62.2 Å². The molecule has 230 valence electrons. The molecule has 0 saturated carbocycles. The van der Waals surface area contributed by atoms with E-state index in [9.17, 15) is 9.59 Å². The summed E-state index contributed by atoms with van der Waals surface area (Å²) < 4.78 is 35.5. The number of benzene rings is 2. The molecule has 2 amide bonds. The van der Waals surface area contributed by atoms with Gasteiger partial charge >= 0.3 is 6.09 Å². The Kier molecular flexibility index (Phi) is 9.65. The number of halogens is 2. The summed E-state index contributed by atoms with van der Waals surface area (Å²) in [5, 5.41) is 18.9. The van der Waals surface area contributed by atoms with Gasteiger partial charge in [-0.1, -0.05) is 40.7 Å². The van der Waals surface area contributed by atoms with E-state index in [0.29, 0.717) is 39.0 Å². The third-order valence-corrected chi connectivity index (χ3v) is 7.88. The summed E-state index contributed by atoms with van der Waals surface area (Å²) >= 11 is 0. The Hall–Kier alpha value is -4.33. The number of anilines is 2. The lowest BCUT2D eigenvalue weighted by Crippen LogP contribution is -2.47. The monoisotopic (exact) mass is 597 g/mol. The van der Waals surface area contributed by atoms with Gasteiger partial charge in [0.15, 0.2) is 11.6 Å². The highest BCUT2D eigenvalue weighted by atomic mass is 19.1. The Morgan fingerprint density at radius 2 is 1.72 bits per heavy atom. The second-order valence-corrected chi connectivity index (χ2v) is 11.0. The van der Waals surface area contributed by atoms with Gasteiger partial charge in [0.25, 0.3) is 0 Å². The molecule has 3 heterocycles. The number of hydrogen-bond acceptors (Lipinski definition) is 7. The second kappa shape index (κ2) is 13.8. The molecular formula is C29H37F2N9O3. The van der Waals surface area contributed by atoms with Gasteiger partial charge in [-0.05, 0) is 18.4 Å². The van der Waals surface area contributed by atoms with Crippen LogP contribution in [0.2, 0.25) is 0 Å². The SMILES string of the molecule is CC(=O)NC[C@H]1CN(c2cc(F)c(N3CCC(N/N=N\C(=N)N4CCN(Cc5ccccc5)CC4)CC3)c(F)c2)C(=O)O1. The quantitative estimate of drug-likeness (QED) is 0.185. The number of nitrogens with zero attached hydrogens (tertiary/aromatic N) is 6. The van der Waals surface area contributed by atoms with E-state index in [4.69, 9.17) is 10.1 Å². The largest absolute Gasteiger partial charge is 0.442 e. The third kappa shape index (κ3) is 7.74. The number of cyclic esters (lactones) is 1. The number of nitrogens with one attached hydrogen (secondary N) is 3. The van der Waals surface area contributed by atoms with Crippen LogP contribution in [-0.2, 0) is 16.1 Å². The molecule has 3 fully saturated rings. The summed E-state index contributed by atoms with van der Waals surface area (Å²) in [4.78, 5) is 30.4. The van der Waals surface area contributed by atoms with Gasteiger partial charge in [-0.3, -0.25) is 25.4 Å². The minimum atomic E-state index is -0.767. The van der Waals surface area contributed by atoms with Crippen molar-refractivity contribution in [3.8, 4) is 0 Å². The number of hydrogen-bond donors (Lipinski definition) is 3. The summed E-state index contributed by atoms with van der Waals surface area (Å²) in [6.45, 7) is 6.31. The van der Waals surface area contributed by atoms with Crippen molar-refractivity contribution in [1.29, 1.82) is 5.41 Å². The van der Waals surface area contributed by atoms with Gasteiger partial charge in [-0.2, -0.15) is 0 Å². The number of ether oxygens (including phenoxy) is 1. The molecule has 0 unspecified atom stereocenters. The molecule has 3 aliphatic rings. The molecule has 3 aliphatic heterocycles. The van der Waals surface area contributed by atoms with Crippen molar-refractivity contribution < 1.29 is 23.1 Å². The van der Waals surface area contributed by atoms with Crippen molar-refractivity contribution in [2.24, 2.45) is 10.3 Å². The van der Waals surface area contributed by atoms with Crippen LogP contribution in [0.1, 0.15) is 25.3 Å². The van der Waals surface area contributed by atoms with Gasteiger partial charge < -0.3 is 19.9 Å². The van der Waals surface area contributed by atoms with Gasteiger partial charge in [-0.15, -0.1) is 0 Å². The van der Waals surface area contributed by atoms with Crippen molar-refractivity contribution in [3.05, 3.63) is 59.7 Å². The Balaban J connectivity index is 1.06. The summed E-state index contributed by atoms with van der Waals surface area (Å²) in [7, 11) is 0. The van der Waals surface area contributed by atoms with Crippen molar-refractivity contribution in [1.82, 2.24) is 20.5 Å². The van der Waals surface area contributed by atoms with Crippen LogP contribution in [0.5, 0.6) is 0 Å². The van der Waals surface area contributed by atoms with E-state index >= 15 is 8.78 Å². The summed E-state index contributed by atoms with van der Waals surface area (Å²) in [5.41, 5.74) is 4.18. The summed E-state index contributed by atoms with van der Waals surface area (Å²) in [6.07, 6.45) is -0.172. The van der Waals surface area contributed by atoms with Crippen LogP contribution < -0.4 is 20.5 Å². The maximum Gasteiger partial charge on any atom is 0.414 e. The Labute approximate surface area is 249 Å². The standard InChI is InChI=1S/C29H37F2N9O3/c1-20(41)33-17-24-19-40(29(42)43-24)23-15-25(30)27(26(31)16-23)38-9-7-22(8-10-38)34-36-35-28(32)39-13-11-37(12-14-39)18-21-5-3-2-4-6-21/h2-6,15-16,22,24H,7-14,17-19H2,1H3,(H,33,41)(H2,32,34,35)/t24-/m0/s1. The molecule has 0 bridgehead atoms. The van der Waals surface area contributed by atoms with Crippen LogP contribution in [0.4, 0.5) is 25.0 Å². The van der Waals surface area contributed by atoms with E-state index < -0.39 is 23.8 Å². The normalized spacial score (nSPS) is 20.0. The highest BCUT2D eigenvalue weighted by molar-refractivity contribution is 5.90. The fourth-order valence-corrected chi connectivity index (χ4v) is 5.52. The van der Waals surface area contributed by atoms with Gasteiger partial charge in [0.1, 0.15) is 11.8 Å². The van der Waals surface area contributed by atoms with Crippen molar-refractivity contribution in [2.45, 2.75) is 38.5 Å². The first-order chi connectivity index (χ1) is 20.8. The van der Waals surface area contributed by atoms with E-state index in [-0.39, 0.29) is 42.4 Å². The lowest BCUT2D eigenvalue weighted by molar-refractivity contribution is -0.119. The number of amides is 2. The highest BCUT2D eigenvalue weighted by Crippen LogP contribution is 2.32. The smallest absolute Gasteiger partial charge is 0.414 e. The van der Waals surface area contributed by atoms with E-state index in [1.54, 1.807) is 4.90 Å². The molecule has 5 rings (SSSR count). The minimum absolute atomic E-state index is 0.0409. The molecule has 43 heavy (non-hydrogen) atoms. The molecule has 1 atom stereocenters. The van der Waals surface area contributed by atoms with Gasteiger partial charge in [-0.25, -0.2) is 13.6 Å². The average Bonchev–Trinajstić information content (AvgIpc) is 3.37. The number of piperazine rings is 1. The minimum Gasteiger partial charge on any atom is -0.442 e. The molecular weight excluding hydrogens is 560 g/mol. The van der Waals surface area contributed by atoms with Crippen LogP contribution in [0.15, 0.2) is 52.8 Å². The van der Waals surface area contributed by atoms with E-state index in [1.165, 1.54) is 12.5 Å². The molecule has 14 heteroatoms. The van der Waals surface area contributed by atoms with E-state index in [0.717, 1.165) is 36.7 Å². The lowest BCUT2D eigenvalue weighted by Gasteiger charge is -2.35. The summed E-state index contributed by atoms with van der Waals surface area (Å²) in [5.74, 6) is -1.69. The molecule has 3 N–H and O–H groups in total. The lowest BCUT2D eigenvalue weighted by atomic mass is 10.0.